The van der Waals surface area contributed by atoms with E-state index in [1.165, 1.54) is 5.57 Å². The Morgan fingerprint density at radius 2 is 2.10 bits per heavy atom. The van der Waals surface area contributed by atoms with Crippen LogP contribution in [0.2, 0.25) is 0 Å². The van der Waals surface area contributed by atoms with Crippen LogP contribution in [0.3, 0.4) is 0 Å². The molecule has 0 fully saturated rings. The van der Waals surface area contributed by atoms with E-state index in [4.69, 9.17) is 5.73 Å². The van der Waals surface area contributed by atoms with Crippen molar-refractivity contribution in [2.45, 2.75) is 13.8 Å². The highest BCUT2D eigenvalue weighted by atomic mass is 14.5. The highest BCUT2D eigenvalue weighted by Gasteiger charge is 2.10. The number of hydrogen-bond acceptors (Lipinski definition) is 1. The van der Waals surface area contributed by atoms with Gasteiger partial charge in [0, 0.05) is 6.54 Å². The molecule has 0 saturated heterocycles. The minimum absolute atomic E-state index is 0.656. The highest BCUT2D eigenvalue weighted by molar-refractivity contribution is 5.25. The van der Waals surface area contributed by atoms with E-state index in [0.29, 0.717) is 18.4 Å². The lowest BCUT2D eigenvalue weighted by Crippen LogP contribution is -2.11. The summed E-state index contributed by atoms with van der Waals surface area (Å²) in [5.74, 6) is 1.33. The number of rotatable bonds is 1. The van der Waals surface area contributed by atoms with Gasteiger partial charge in [0.1, 0.15) is 0 Å². The third-order valence-electron chi connectivity index (χ3n) is 2.16. The Morgan fingerprint density at radius 1 is 1.40 bits per heavy atom. The summed E-state index contributed by atoms with van der Waals surface area (Å²) in [4.78, 5) is 0. The van der Waals surface area contributed by atoms with Crippen molar-refractivity contribution >= 4 is 0 Å². The zero-order chi connectivity index (χ0) is 7.56. The molecule has 0 heterocycles. The van der Waals surface area contributed by atoms with Crippen molar-refractivity contribution in [3.63, 3.8) is 0 Å². The van der Waals surface area contributed by atoms with Gasteiger partial charge in [0.15, 0.2) is 0 Å². The average molecular weight is 137 g/mol. The second-order valence-corrected chi connectivity index (χ2v) is 3.02. The normalized spacial score (nSPS) is 32.1. The van der Waals surface area contributed by atoms with Gasteiger partial charge in [-0.25, -0.2) is 0 Å². The summed E-state index contributed by atoms with van der Waals surface area (Å²) >= 11 is 0. The molecule has 0 radical (unpaired) electrons. The van der Waals surface area contributed by atoms with Gasteiger partial charge in [-0.3, -0.25) is 0 Å². The fourth-order valence-corrected chi connectivity index (χ4v) is 1.13. The van der Waals surface area contributed by atoms with E-state index in [9.17, 15) is 0 Å². The van der Waals surface area contributed by atoms with Crippen LogP contribution >= 0.6 is 0 Å². The predicted molar refractivity (Wildman–Crippen MR) is 44.6 cm³/mol. The van der Waals surface area contributed by atoms with Crippen LogP contribution in [0.25, 0.3) is 0 Å². The smallest absolute Gasteiger partial charge is 0.0174 e. The Hall–Kier alpha value is -0.560. The van der Waals surface area contributed by atoms with E-state index in [-0.39, 0.29) is 0 Å². The summed E-state index contributed by atoms with van der Waals surface area (Å²) in [6.07, 6.45) is 6.61. The molecule has 0 bridgehead atoms. The largest absolute Gasteiger partial charge is 0.327 e. The zero-order valence-corrected chi connectivity index (χ0v) is 6.67. The number of allylic oxidation sites excluding steroid dienone is 2. The Morgan fingerprint density at radius 3 is 2.60 bits per heavy atom. The topological polar surface area (TPSA) is 26.0 Å². The van der Waals surface area contributed by atoms with Crippen LogP contribution < -0.4 is 5.73 Å². The molecule has 1 heteroatoms. The van der Waals surface area contributed by atoms with Crippen LogP contribution in [0.4, 0.5) is 0 Å². The minimum atomic E-state index is 0.656. The third kappa shape index (κ3) is 1.48. The van der Waals surface area contributed by atoms with E-state index in [2.05, 4.69) is 32.1 Å². The molecule has 0 aliphatic heterocycles. The molecule has 0 amide bonds. The Balaban J connectivity index is 2.66. The van der Waals surface area contributed by atoms with E-state index in [1.54, 1.807) is 0 Å². The van der Waals surface area contributed by atoms with Crippen LogP contribution in [0, 0.1) is 11.8 Å². The van der Waals surface area contributed by atoms with Crippen molar-refractivity contribution in [1.29, 1.82) is 0 Å². The van der Waals surface area contributed by atoms with Gasteiger partial charge in [0.05, 0.1) is 0 Å². The van der Waals surface area contributed by atoms with Gasteiger partial charge in [0.2, 0.25) is 0 Å². The van der Waals surface area contributed by atoms with Gasteiger partial charge in [-0.1, -0.05) is 32.1 Å². The fraction of sp³-hybridized carbons (Fsp3) is 0.556. The molecule has 10 heavy (non-hydrogen) atoms. The number of hydrogen-bond donors (Lipinski definition) is 1. The summed E-state index contributed by atoms with van der Waals surface area (Å²) in [7, 11) is 0. The molecular formula is C9H15N. The maximum Gasteiger partial charge on any atom is 0.0174 e. The first-order valence-electron chi connectivity index (χ1n) is 3.83. The van der Waals surface area contributed by atoms with E-state index in [1.807, 2.05) is 0 Å². The molecule has 1 aliphatic rings. The molecule has 2 N–H and O–H groups in total. The van der Waals surface area contributed by atoms with E-state index >= 15 is 0 Å². The Kier molecular flexibility index (Phi) is 2.28. The molecule has 1 nitrogen and oxygen atoms in total. The van der Waals surface area contributed by atoms with Gasteiger partial charge in [-0.15, -0.1) is 0 Å². The first kappa shape index (κ1) is 7.55. The Bertz CT molecular complexity index is 168. The van der Waals surface area contributed by atoms with Gasteiger partial charge >= 0.3 is 0 Å². The molecule has 1 aliphatic carbocycles. The van der Waals surface area contributed by atoms with Crippen molar-refractivity contribution in [1.82, 2.24) is 0 Å². The quantitative estimate of drug-likeness (QED) is 0.585. The van der Waals surface area contributed by atoms with Crippen LogP contribution in [-0.2, 0) is 0 Å². The maximum absolute atomic E-state index is 5.49. The second kappa shape index (κ2) is 3.02. The van der Waals surface area contributed by atoms with E-state index in [0.717, 1.165) is 0 Å². The lowest BCUT2D eigenvalue weighted by molar-refractivity contribution is 0.547. The Labute approximate surface area is 62.6 Å². The van der Waals surface area contributed by atoms with Gasteiger partial charge < -0.3 is 5.73 Å². The molecule has 0 spiro atoms. The van der Waals surface area contributed by atoms with Crippen molar-refractivity contribution in [3.05, 3.63) is 23.8 Å². The fourth-order valence-electron chi connectivity index (χ4n) is 1.13. The standard InChI is InChI=1S/C9H15N/c1-7-3-4-9(6-10)5-8(7)2/h3-5,7-8H,6,10H2,1-2H3. The van der Waals surface area contributed by atoms with Crippen LogP contribution in [0.5, 0.6) is 0 Å². The zero-order valence-electron chi connectivity index (χ0n) is 6.67. The van der Waals surface area contributed by atoms with Crippen LogP contribution in [-0.4, -0.2) is 6.54 Å². The van der Waals surface area contributed by atoms with Crippen molar-refractivity contribution in [2.24, 2.45) is 17.6 Å². The molecule has 0 aromatic rings. The average Bonchev–Trinajstić information content (AvgIpc) is 1.95. The van der Waals surface area contributed by atoms with E-state index < -0.39 is 0 Å². The van der Waals surface area contributed by atoms with Crippen LogP contribution in [0.15, 0.2) is 23.8 Å². The lowest BCUT2D eigenvalue weighted by atomic mass is 9.89. The first-order valence-corrected chi connectivity index (χ1v) is 3.83. The van der Waals surface area contributed by atoms with Gasteiger partial charge in [0.25, 0.3) is 0 Å². The molecule has 56 valence electrons. The molecule has 2 atom stereocenters. The van der Waals surface area contributed by atoms with Gasteiger partial charge in [-0.2, -0.15) is 0 Å². The summed E-state index contributed by atoms with van der Waals surface area (Å²) in [5, 5.41) is 0. The van der Waals surface area contributed by atoms with Crippen molar-refractivity contribution in [3.8, 4) is 0 Å². The maximum atomic E-state index is 5.49. The van der Waals surface area contributed by atoms with Crippen molar-refractivity contribution in [2.75, 3.05) is 6.54 Å². The summed E-state index contributed by atoms with van der Waals surface area (Å²) in [6, 6.07) is 0. The summed E-state index contributed by atoms with van der Waals surface area (Å²) in [6.45, 7) is 5.13. The first-order chi connectivity index (χ1) is 4.74. The summed E-state index contributed by atoms with van der Waals surface area (Å²) in [5.41, 5.74) is 6.76. The molecule has 0 aromatic heterocycles. The second-order valence-electron chi connectivity index (χ2n) is 3.02. The predicted octanol–water partition coefficient (Wildman–Crippen LogP) is 1.71. The SMILES string of the molecule is CC1C=CC(CN)=CC1C. The lowest BCUT2D eigenvalue weighted by Gasteiger charge is -2.17. The minimum Gasteiger partial charge on any atom is -0.327 e. The monoisotopic (exact) mass is 137 g/mol. The highest BCUT2D eigenvalue weighted by Crippen LogP contribution is 2.20. The molecular weight excluding hydrogens is 122 g/mol. The molecule has 1 rings (SSSR count). The number of nitrogens with two attached hydrogens (primary N) is 1. The van der Waals surface area contributed by atoms with Crippen molar-refractivity contribution < 1.29 is 0 Å². The molecule has 0 aromatic carbocycles. The molecule has 0 saturated carbocycles. The summed E-state index contributed by atoms with van der Waals surface area (Å²) < 4.78 is 0. The molecule has 2 unspecified atom stereocenters. The third-order valence-corrected chi connectivity index (χ3v) is 2.16. The van der Waals surface area contributed by atoms with Gasteiger partial charge in [-0.05, 0) is 17.4 Å². The van der Waals surface area contributed by atoms with Crippen LogP contribution in [0.1, 0.15) is 13.8 Å².